The fraction of sp³-hybridized carbons (Fsp3) is 0.485. The second kappa shape index (κ2) is 15.0. The summed E-state index contributed by atoms with van der Waals surface area (Å²) in [7, 11) is 1.64. The van der Waals surface area contributed by atoms with Crippen LogP contribution in [0.15, 0.2) is 48.7 Å². The summed E-state index contributed by atoms with van der Waals surface area (Å²) in [6, 6.07) is 16.0. The molecule has 0 saturated carbocycles. The van der Waals surface area contributed by atoms with Gasteiger partial charge in [0.05, 0.1) is 38.2 Å². The molecule has 2 aromatic carbocycles. The normalized spacial score (nSPS) is 16.5. The summed E-state index contributed by atoms with van der Waals surface area (Å²) < 4.78 is 23.2. The van der Waals surface area contributed by atoms with Crippen LogP contribution in [-0.2, 0) is 4.74 Å². The van der Waals surface area contributed by atoms with Gasteiger partial charge in [-0.25, -0.2) is 9.97 Å². The number of aromatic nitrogens is 2. The fourth-order valence-corrected chi connectivity index (χ4v) is 5.40. The lowest BCUT2D eigenvalue weighted by molar-refractivity contribution is 0.0254. The molecule has 0 atom stereocenters. The van der Waals surface area contributed by atoms with E-state index in [2.05, 4.69) is 40.0 Å². The summed E-state index contributed by atoms with van der Waals surface area (Å²) in [6.45, 7) is 12.0. The molecule has 2 fully saturated rings. The third-order valence-corrected chi connectivity index (χ3v) is 7.95. The van der Waals surface area contributed by atoms with E-state index in [1.165, 1.54) is 0 Å². The minimum Gasteiger partial charge on any atom is -0.493 e. The largest absolute Gasteiger partial charge is 0.493 e. The molecular weight excluding hydrogens is 544 g/mol. The van der Waals surface area contributed by atoms with Gasteiger partial charge in [0.15, 0.2) is 11.5 Å². The van der Waals surface area contributed by atoms with Crippen molar-refractivity contribution in [1.82, 2.24) is 19.8 Å². The third kappa shape index (κ3) is 8.35. The fourth-order valence-electron chi connectivity index (χ4n) is 5.40. The van der Waals surface area contributed by atoms with Gasteiger partial charge in [-0.1, -0.05) is 0 Å². The molecule has 10 heteroatoms. The molecule has 3 heterocycles. The molecule has 0 unspecified atom stereocenters. The van der Waals surface area contributed by atoms with Gasteiger partial charge in [-0.3, -0.25) is 4.90 Å². The van der Waals surface area contributed by atoms with E-state index < -0.39 is 0 Å². The van der Waals surface area contributed by atoms with E-state index in [1.807, 2.05) is 42.5 Å². The van der Waals surface area contributed by atoms with Crippen LogP contribution < -0.4 is 19.5 Å². The van der Waals surface area contributed by atoms with Crippen molar-refractivity contribution in [3.05, 3.63) is 54.2 Å². The zero-order valence-corrected chi connectivity index (χ0v) is 25.4. The van der Waals surface area contributed by atoms with Crippen molar-refractivity contribution >= 4 is 11.6 Å². The van der Waals surface area contributed by atoms with Crippen LogP contribution >= 0.6 is 0 Å². The van der Waals surface area contributed by atoms with Gasteiger partial charge >= 0.3 is 0 Å². The molecule has 1 aromatic heterocycles. The molecule has 2 saturated heterocycles. The molecule has 0 bridgehead atoms. The molecule has 2 aliphatic rings. The molecular formula is C33H42N6O4. The number of hydrogen-bond acceptors (Lipinski definition) is 10. The highest BCUT2D eigenvalue weighted by Crippen LogP contribution is 2.32. The van der Waals surface area contributed by atoms with Gasteiger partial charge in [-0.05, 0) is 56.7 Å². The first-order valence-corrected chi connectivity index (χ1v) is 15.2. The second-order valence-electron chi connectivity index (χ2n) is 11.2. The topological polar surface area (TPSA) is 105 Å². The Morgan fingerprint density at radius 1 is 1.02 bits per heavy atom. The Bertz CT molecular complexity index is 1380. The van der Waals surface area contributed by atoms with Crippen LogP contribution in [0.1, 0.15) is 38.7 Å². The number of nitriles is 1. The minimum absolute atomic E-state index is 0.0608. The first kappa shape index (κ1) is 30.5. The summed E-state index contributed by atoms with van der Waals surface area (Å²) in [5.41, 5.74) is 2.78. The number of hydrogen-bond donors (Lipinski definition) is 1. The minimum atomic E-state index is 0.0608. The number of ether oxygens (including phenoxy) is 4. The van der Waals surface area contributed by atoms with E-state index in [-0.39, 0.29) is 6.10 Å². The van der Waals surface area contributed by atoms with Crippen LogP contribution in [-0.4, -0.2) is 91.6 Å². The van der Waals surface area contributed by atoms with Crippen molar-refractivity contribution in [3.8, 4) is 34.6 Å². The monoisotopic (exact) mass is 586 g/mol. The lowest BCUT2D eigenvalue weighted by atomic mass is 10.1. The Hall–Kier alpha value is -3.91. The van der Waals surface area contributed by atoms with E-state index >= 15 is 0 Å². The Labute approximate surface area is 254 Å². The third-order valence-electron chi connectivity index (χ3n) is 7.95. The van der Waals surface area contributed by atoms with Gasteiger partial charge in [-0.15, -0.1) is 0 Å². The highest BCUT2D eigenvalue weighted by atomic mass is 16.5. The van der Waals surface area contributed by atoms with Gasteiger partial charge in [-0.2, -0.15) is 5.26 Å². The number of nitrogens with zero attached hydrogens (tertiary/aromatic N) is 5. The number of piperazine rings is 1. The van der Waals surface area contributed by atoms with Crippen LogP contribution in [0.2, 0.25) is 0 Å². The quantitative estimate of drug-likeness (QED) is 0.288. The molecule has 0 amide bonds. The maximum atomic E-state index is 9.78. The molecule has 10 nitrogen and oxygen atoms in total. The Kier molecular flexibility index (Phi) is 10.7. The zero-order valence-electron chi connectivity index (χ0n) is 25.4. The highest BCUT2D eigenvalue weighted by Gasteiger charge is 2.19. The van der Waals surface area contributed by atoms with Crippen molar-refractivity contribution in [2.24, 2.45) is 0 Å². The molecule has 3 aromatic rings. The number of methoxy groups -OCH3 is 1. The van der Waals surface area contributed by atoms with Crippen LogP contribution in [0.3, 0.4) is 0 Å². The van der Waals surface area contributed by atoms with E-state index in [9.17, 15) is 5.26 Å². The summed E-state index contributed by atoms with van der Waals surface area (Å²) >= 11 is 0. The molecule has 5 rings (SSSR count). The summed E-state index contributed by atoms with van der Waals surface area (Å²) in [5, 5.41) is 13.1. The van der Waals surface area contributed by atoms with Crippen molar-refractivity contribution in [2.75, 3.05) is 65.0 Å². The van der Waals surface area contributed by atoms with Gasteiger partial charge in [0.25, 0.3) is 0 Å². The van der Waals surface area contributed by atoms with E-state index in [0.29, 0.717) is 60.3 Å². The first-order chi connectivity index (χ1) is 21.0. The van der Waals surface area contributed by atoms with Crippen molar-refractivity contribution in [2.45, 2.75) is 45.3 Å². The van der Waals surface area contributed by atoms with Gasteiger partial charge in [0.2, 0.25) is 5.95 Å². The van der Waals surface area contributed by atoms with E-state index in [0.717, 1.165) is 63.2 Å². The van der Waals surface area contributed by atoms with E-state index in [4.69, 9.17) is 23.9 Å². The van der Waals surface area contributed by atoms with Crippen LogP contribution in [0.25, 0.3) is 11.3 Å². The Morgan fingerprint density at radius 2 is 1.81 bits per heavy atom. The standard InChI is InChI=1S/C33H42N6O4/c1-24(2)39-16-14-38(15-17-39)13-4-18-42-32-22-27(6-8-31(32)40-3)36-33-35-12-9-29(37-33)25-5-7-30(26(21-25)23-34)43-28-10-19-41-20-11-28/h5-9,12,21-22,24,28H,4,10-11,13-20H2,1-3H3,(H,35,36,37). The van der Waals surface area contributed by atoms with Crippen molar-refractivity contribution in [1.29, 1.82) is 5.26 Å². The Balaban J connectivity index is 1.19. The van der Waals surface area contributed by atoms with Crippen LogP contribution in [0.5, 0.6) is 17.2 Å². The number of nitrogens with one attached hydrogen (secondary N) is 1. The van der Waals surface area contributed by atoms with E-state index in [1.54, 1.807) is 13.3 Å². The smallest absolute Gasteiger partial charge is 0.227 e. The average Bonchev–Trinajstić information content (AvgIpc) is 3.04. The Morgan fingerprint density at radius 3 is 2.56 bits per heavy atom. The molecule has 43 heavy (non-hydrogen) atoms. The SMILES string of the molecule is COc1ccc(Nc2nccc(-c3ccc(OC4CCOCC4)c(C#N)c3)n2)cc1OCCCN1CCN(C(C)C)CC1. The summed E-state index contributed by atoms with van der Waals surface area (Å²) in [5.74, 6) is 2.38. The predicted octanol–water partition coefficient (Wildman–Crippen LogP) is 5.12. The molecule has 228 valence electrons. The lowest BCUT2D eigenvalue weighted by Crippen LogP contribution is -2.49. The van der Waals surface area contributed by atoms with Crippen molar-refractivity contribution < 1.29 is 18.9 Å². The molecule has 0 aliphatic carbocycles. The predicted molar refractivity (Wildman–Crippen MR) is 166 cm³/mol. The molecule has 0 radical (unpaired) electrons. The first-order valence-electron chi connectivity index (χ1n) is 15.2. The van der Waals surface area contributed by atoms with Gasteiger partial charge in [0.1, 0.15) is 17.9 Å². The van der Waals surface area contributed by atoms with Crippen molar-refractivity contribution in [3.63, 3.8) is 0 Å². The summed E-state index contributed by atoms with van der Waals surface area (Å²) in [4.78, 5) is 14.1. The zero-order chi connectivity index (χ0) is 30.0. The maximum absolute atomic E-state index is 9.78. The van der Waals surface area contributed by atoms with Gasteiger partial charge in [0, 0.05) is 75.1 Å². The highest BCUT2D eigenvalue weighted by molar-refractivity contribution is 5.66. The maximum Gasteiger partial charge on any atom is 0.227 e. The molecule has 0 spiro atoms. The average molecular weight is 587 g/mol. The number of benzene rings is 2. The van der Waals surface area contributed by atoms with Crippen LogP contribution in [0, 0.1) is 11.3 Å². The van der Waals surface area contributed by atoms with Gasteiger partial charge < -0.3 is 29.2 Å². The molecule has 2 aliphatic heterocycles. The summed E-state index contributed by atoms with van der Waals surface area (Å²) in [6.07, 6.45) is 4.34. The number of rotatable bonds is 12. The van der Waals surface area contributed by atoms with Crippen LogP contribution in [0.4, 0.5) is 11.6 Å². The lowest BCUT2D eigenvalue weighted by Gasteiger charge is -2.36. The second-order valence-corrected chi connectivity index (χ2v) is 11.2. The molecule has 1 N–H and O–H groups in total. The number of anilines is 2.